The molecule has 0 saturated heterocycles. The largest absolute Gasteiger partial charge is 0.497 e. The van der Waals surface area contributed by atoms with Crippen molar-refractivity contribution in [1.82, 2.24) is 14.9 Å². The van der Waals surface area contributed by atoms with Crippen LogP contribution in [0, 0.1) is 0 Å². The minimum Gasteiger partial charge on any atom is -0.497 e. The first-order chi connectivity index (χ1) is 14.1. The second-order valence-electron chi connectivity index (χ2n) is 6.20. The van der Waals surface area contributed by atoms with Gasteiger partial charge in [-0.3, -0.25) is 9.59 Å². The zero-order valence-electron chi connectivity index (χ0n) is 16.6. The van der Waals surface area contributed by atoms with Gasteiger partial charge in [0.25, 0.3) is 5.56 Å². The van der Waals surface area contributed by atoms with Gasteiger partial charge >= 0.3 is 0 Å². The van der Waals surface area contributed by atoms with Gasteiger partial charge in [0.2, 0.25) is 5.91 Å². The lowest BCUT2D eigenvalue weighted by molar-refractivity contribution is -0.118. The Kier molecular flexibility index (Phi) is 6.77. The van der Waals surface area contributed by atoms with Gasteiger partial charge in [-0.05, 0) is 37.3 Å². The van der Waals surface area contributed by atoms with Crippen LogP contribution in [-0.2, 0) is 17.9 Å². The molecule has 0 fully saturated rings. The number of nitrogens with one attached hydrogen (secondary N) is 1. The van der Waals surface area contributed by atoms with E-state index < -0.39 is 0 Å². The number of thioether (sulfide) groups is 1. The van der Waals surface area contributed by atoms with Crippen LogP contribution in [0.4, 0.5) is 0 Å². The van der Waals surface area contributed by atoms with Crippen molar-refractivity contribution in [3.8, 4) is 11.5 Å². The average Bonchev–Trinajstić information content (AvgIpc) is 2.76. The highest BCUT2D eigenvalue weighted by Gasteiger charge is 2.13. The molecule has 3 rings (SSSR count). The Labute approximate surface area is 173 Å². The molecule has 1 amide bonds. The molecule has 0 aliphatic rings. The Bertz CT molecular complexity index is 1080. The third kappa shape index (κ3) is 4.71. The number of hydrogen-bond donors (Lipinski definition) is 1. The maximum Gasteiger partial charge on any atom is 0.283 e. The van der Waals surface area contributed by atoms with E-state index in [-0.39, 0.29) is 17.2 Å². The summed E-state index contributed by atoms with van der Waals surface area (Å²) in [5.41, 5.74) is 2.15. The number of methoxy groups -OCH3 is 2. The monoisotopic (exact) mass is 413 g/mol. The third-order valence-corrected chi connectivity index (χ3v) is 5.39. The van der Waals surface area contributed by atoms with E-state index >= 15 is 0 Å². The highest BCUT2D eigenvalue weighted by atomic mass is 32.2. The lowest BCUT2D eigenvalue weighted by atomic mass is 10.2. The standard InChI is InChI=1S/C21H23N3O4S/c1-4-24-17-8-6-5-7-16(17)23-20(21(24)26)29-13-19(25)22-12-14-11-15(27-2)9-10-18(14)28-3/h5-11H,4,12-13H2,1-3H3,(H,22,25). The molecule has 3 aromatic rings. The molecule has 152 valence electrons. The second kappa shape index (κ2) is 9.47. The molecular formula is C21H23N3O4S. The van der Waals surface area contributed by atoms with Gasteiger partial charge in [-0.25, -0.2) is 4.98 Å². The smallest absolute Gasteiger partial charge is 0.283 e. The molecule has 8 heteroatoms. The van der Waals surface area contributed by atoms with Gasteiger partial charge in [-0.2, -0.15) is 0 Å². The summed E-state index contributed by atoms with van der Waals surface area (Å²) in [6.07, 6.45) is 0. The topological polar surface area (TPSA) is 82.5 Å². The quantitative estimate of drug-likeness (QED) is 0.572. The molecule has 0 aliphatic heterocycles. The molecule has 7 nitrogen and oxygen atoms in total. The highest BCUT2D eigenvalue weighted by molar-refractivity contribution is 7.99. The molecule has 0 spiro atoms. The number of amides is 1. The van der Waals surface area contributed by atoms with Crippen LogP contribution in [0.25, 0.3) is 11.0 Å². The number of aromatic nitrogens is 2. The summed E-state index contributed by atoms with van der Waals surface area (Å²) in [6, 6.07) is 12.9. The molecular weight excluding hydrogens is 390 g/mol. The normalized spacial score (nSPS) is 10.7. The van der Waals surface area contributed by atoms with Gasteiger partial charge in [-0.1, -0.05) is 23.9 Å². The average molecular weight is 413 g/mol. The summed E-state index contributed by atoms with van der Waals surface area (Å²) in [4.78, 5) is 29.4. The van der Waals surface area contributed by atoms with E-state index in [1.807, 2.05) is 37.3 Å². The molecule has 0 unspecified atom stereocenters. The van der Waals surface area contributed by atoms with E-state index in [1.54, 1.807) is 30.9 Å². The van der Waals surface area contributed by atoms with Gasteiger partial charge in [0.1, 0.15) is 11.5 Å². The van der Waals surface area contributed by atoms with Crippen molar-refractivity contribution in [1.29, 1.82) is 0 Å². The predicted molar refractivity (Wildman–Crippen MR) is 114 cm³/mol. The first kappa shape index (κ1) is 20.7. The number of nitrogens with zero attached hydrogens (tertiary/aromatic N) is 2. The zero-order valence-corrected chi connectivity index (χ0v) is 17.4. The number of carbonyl (C=O) groups is 1. The molecule has 0 bridgehead atoms. The number of para-hydroxylation sites is 2. The van der Waals surface area contributed by atoms with Gasteiger partial charge in [0.15, 0.2) is 5.03 Å². The van der Waals surface area contributed by atoms with Crippen molar-refractivity contribution in [3.05, 3.63) is 58.4 Å². The fraction of sp³-hybridized carbons (Fsp3) is 0.286. The van der Waals surface area contributed by atoms with Crippen molar-refractivity contribution >= 4 is 28.7 Å². The van der Waals surface area contributed by atoms with Crippen LogP contribution in [0.15, 0.2) is 52.3 Å². The number of ether oxygens (including phenoxy) is 2. The summed E-state index contributed by atoms with van der Waals surface area (Å²) in [6.45, 7) is 2.75. The highest BCUT2D eigenvalue weighted by Crippen LogP contribution is 2.24. The van der Waals surface area contributed by atoms with Crippen LogP contribution < -0.4 is 20.3 Å². The summed E-state index contributed by atoms with van der Waals surface area (Å²) in [5, 5.41) is 3.17. The van der Waals surface area contributed by atoms with Crippen molar-refractivity contribution in [2.75, 3.05) is 20.0 Å². The van der Waals surface area contributed by atoms with E-state index in [2.05, 4.69) is 10.3 Å². The molecule has 0 atom stereocenters. The van der Waals surface area contributed by atoms with Crippen LogP contribution in [0.5, 0.6) is 11.5 Å². The zero-order chi connectivity index (χ0) is 20.8. The first-order valence-corrected chi connectivity index (χ1v) is 10.2. The Morgan fingerprint density at radius 3 is 2.69 bits per heavy atom. The summed E-state index contributed by atoms with van der Waals surface area (Å²) >= 11 is 1.14. The Morgan fingerprint density at radius 1 is 1.17 bits per heavy atom. The van der Waals surface area contributed by atoms with Gasteiger partial charge in [0.05, 0.1) is 31.0 Å². The number of hydrogen-bond acceptors (Lipinski definition) is 6. The molecule has 1 aromatic heterocycles. The number of carbonyl (C=O) groups excluding carboxylic acids is 1. The molecule has 1 heterocycles. The number of fused-ring (bicyclic) bond motifs is 1. The van der Waals surface area contributed by atoms with Gasteiger partial charge in [-0.15, -0.1) is 0 Å². The SMILES string of the molecule is CCn1c(=O)c(SCC(=O)NCc2cc(OC)ccc2OC)nc2ccccc21. The molecule has 29 heavy (non-hydrogen) atoms. The van der Waals surface area contributed by atoms with Crippen molar-refractivity contribution in [3.63, 3.8) is 0 Å². The molecule has 1 N–H and O–H groups in total. The van der Waals surface area contributed by atoms with E-state index in [0.29, 0.717) is 29.6 Å². The Balaban J connectivity index is 1.69. The maximum atomic E-state index is 12.7. The van der Waals surface area contributed by atoms with E-state index in [9.17, 15) is 9.59 Å². The molecule has 0 radical (unpaired) electrons. The van der Waals surface area contributed by atoms with Crippen LogP contribution in [-0.4, -0.2) is 35.4 Å². The summed E-state index contributed by atoms with van der Waals surface area (Å²) in [5.74, 6) is 1.25. The maximum absolute atomic E-state index is 12.7. The first-order valence-electron chi connectivity index (χ1n) is 9.17. The number of aryl methyl sites for hydroxylation is 1. The van der Waals surface area contributed by atoms with E-state index in [1.165, 1.54) is 0 Å². The molecule has 0 aliphatic carbocycles. The Morgan fingerprint density at radius 2 is 1.97 bits per heavy atom. The predicted octanol–water partition coefficient (Wildman–Crippen LogP) is 2.84. The lowest BCUT2D eigenvalue weighted by Crippen LogP contribution is -2.27. The lowest BCUT2D eigenvalue weighted by Gasteiger charge is -2.12. The molecule has 0 saturated carbocycles. The number of rotatable bonds is 8. The van der Waals surface area contributed by atoms with Crippen molar-refractivity contribution < 1.29 is 14.3 Å². The number of benzene rings is 2. The van der Waals surface area contributed by atoms with Crippen LogP contribution in [0.3, 0.4) is 0 Å². The fourth-order valence-corrected chi connectivity index (χ4v) is 3.74. The second-order valence-corrected chi connectivity index (χ2v) is 7.16. The summed E-state index contributed by atoms with van der Waals surface area (Å²) < 4.78 is 12.2. The van der Waals surface area contributed by atoms with Crippen molar-refractivity contribution in [2.24, 2.45) is 0 Å². The van der Waals surface area contributed by atoms with Gasteiger partial charge in [0, 0.05) is 18.7 Å². The van der Waals surface area contributed by atoms with E-state index in [4.69, 9.17) is 9.47 Å². The Hall–Kier alpha value is -3.00. The van der Waals surface area contributed by atoms with Crippen LogP contribution in [0.1, 0.15) is 12.5 Å². The van der Waals surface area contributed by atoms with Crippen molar-refractivity contribution in [2.45, 2.75) is 25.0 Å². The third-order valence-electron chi connectivity index (χ3n) is 4.44. The summed E-state index contributed by atoms with van der Waals surface area (Å²) in [7, 11) is 3.16. The molecule has 2 aromatic carbocycles. The van der Waals surface area contributed by atoms with Crippen LogP contribution in [0.2, 0.25) is 0 Å². The van der Waals surface area contributed by atoms with Crippen LogP contribution >= 0.6 is 11.8 Å². The fourth-order valence-electron chi connectivity index (χ4n) is 2.98. The van der Waals surface area contributed by atoms with E-state index in [0.717, 1.165) is 28.4 Å². The van der Waals surface area contributed by atoms with Gasteiger partial charge < -0.3 is 19.4 Å². The minimum absolute atomic E-state index is 0.0938. The minimum atomic E-state index is -0.197.